The number of anilines is 1. The number of hydrogen-bond acceptors (Lipinski definition) is 3. The number of rotatable bonds is 1. The molecule has 1 aromatic carbocycles. The summed E-state index contributed by atoms with van der Waals surface area (Å²) in [4.78, 5) is 2.26. The fourth-order valence-electron chi connectivity index (χ4n) is 2.11. The predicted octanol–water partition coefficient (Wildman–Crippen LogP) is 3.54. The molecule has 1 aliphatic rings. The van der Waals surface area contributed by atoms with Gasteiger partial charge in [0.1, 0.15) is 6.07 Å². The van der Waals surface area contributed by atoms with Crippen LogP contribution in [0.2, 0.25) is 5.02 Å². The summed E-state index contributed by atoms with van der Waals surface area (Å²) in [5, 5.41) is 9.74. The van der Waals surface area contributed by atoms with E-state index in [1.165, 1.54) is 0 Å². The summed E-state index contributed by atoms with van der Waals surface area (Å²) in [7, 11) is 0. The van der Waals surface area contributed by atoms with E-state index < -0.39 is 0 Å². The summed E-state index contributed by atoms with van der Waals surface area (Å²) in [6.07, 6.45) is 0. The molecule has 1 aromatic rings. The van der Waals surface area contributed by atoms with Crippen molar-refractivity contribution in [2.75, 3.05) is 23.7 Å². The maximum Gasteiger partial charge on any atom is 0.103 e. The van der Waals surface area contributed by atoms with Gasteiger partial charge in [-0.05, 0) is 26.0 Å². The third kappa shape index (κ3) is 2.70. The van der Waals surface area contributed by atoms with Crippen LogP contribution in [-0.2, 0) is 0 Å². The standard InChI is InChI=1S/C13H15ClN2S/c1-13(2)9-16(6-7-17-13)12-5-3-4-11(14)10(12)8-15/h3-5H,6-7,9H2,1-2H3. The third-order valence-corrected chi connectivity index (χ3v) is 4.48. The first kappa shape index (κ1) is 12.6. The van der Waals surface area contributed by atoms with E-state index in [2.05, 4.69) is 24.8 Å². The highest BCUT2D eigenvalue weighted by molar-refractivity contribution is 8.00. The highest BCUT2D eigenvalue weighted by Gasteiger charge is 2.28. The van der Waals surface area contributed by atoms with E-state index >= 15 is 0 Å². The van der Waals surface area contributed by atoms with Gasteiger partial charge < -0.3 is 4.90 Å². The number of benzene rings is 1. The molecular formula is C13H15ClN2S. The van der Waals surface area contributed by atoms with Crippen LogP contribution in [0.3, 0.4) is 0 Å². The van der Waals surface area contributed by atoms with Crippen molar-refractivity contribution in [3.63, 3.8) is 0 Å². The Morgan fingerprint density at radius 2 is 2.24 bits per heavy atom. The van der Waals surface area contributed by atoms with E-state index in [1.54, 1.807) is 6.07 Å². The Kier molecular flexibility index (Phi) is 3.56. The highest BCUT2D eigenvalue weighted by atomic mass is 35.5. The molecule has 1 aliphatic heterocycles. The molecule has 0 radical (unpaired) electrons. The van der Waals surface area contributed by atoms with Crippen molar-refractivity contribution in [1.29, 1.82) is 5.26 Å². The second kappa shape index (κ2) is 4.80. The maximum atomic E-state index is 9.19. The summed E-state index contributed by atoms with van der Waals surface area (Å²) < 4.78 is 0.229. The van der Waals surface area contributed by atoms with Crippen LogP contribution in [0.15, 0.2) is 18.2 Å². The average Bonchev–Trinajstić information content (AvgIpc) is 2.27. The fourth-order valence-corrected chi connectivity index (χ4v) is 3.43. The van der Waals surface area contributed by atoms with Crippen molar-refractivity contribution < 1.29 is 0 Å². The Morgan fingerprint density at radius 3 is 2.88 bits per heavy atom. The monoisotopic (exact) mass is 266 g/mol. The molecular weight excluding hydrogens is 252 g/mol. The molecule has 4 heteroatoms. The predicted molar refractivity (Wildman–Crippen MR) is 74.9 cm³/mol. The number of nitrogens with zero attached hydrogens (tertiary/aromatic N) is 2. The van der Waals surface area contributed by atoms with Crippen LogP contribution in [0.1, 0.15) is 19.4 Å². The van der Waals surface area contributed by atoms with Gasteiger partial charge in [-0.3, -0.25) is 0 Å². The van der Waals surface area contributed by atoms with Crippen LogP contribution in [0.4, 0.5) is 5.69 Å². The first-order valence-electron chi connectivity index (χ1n) is 5.61. The normalized spacial score (nSPS) is 18.8. The second-order valence-corrected chi connectivity index (χ2v) is 6.98. The molecule has 17 heavy (non-hydrogen) atoms. The van der Waals surface area contributed by atoms with E-state index in [-0.39, 0.29) is 4.75 Å². The largest absolute Gasteiger partial charge is 0.368 e. The minimum absolute atomic E-state index is 0.229. The molecule has 0 aromatic heterocycles. The van der Waals surface area contributed by atoms with Crippen LogP contribution in [0, 0.1) is 11.3 Å². The van der Waals surface area contributed by atoms with Gasteiger partial charge in [0.15, 0.2) is 0 Å². The van der Waals surface area contributed by atoms with Gasteiger partial charge in [0.2, 0.25) is 0 Å². The molecule has 0 spiro atoms. The van der Waals surface area contributed by atoms with Crippen molar-refractivity contribution in [2.45, 2.75) is 18.6 Å². The van der Waals surface area contributed by atoms with Crippen LogP contribution in [-0.4, -0.2) is 23.6 Å². The van der Waals surface area contributed by atoms with Crippen LogP contribution in [0.5, 0.6) is 0 Å². The number of halogens is 1. The lowest BCUT2D eigenvalue weighted by molar-refractivity contribution is 0.647. The van der Waals surface area contributed by atoms with Gasteiger partial charge in [-0.2, -0.15) is 17.0 Å². The zero-order valence-corrected chi connectivity index (χ0v) is 11.6. The number of nitriles is 1. The Labute approximate surface area is 112 Å². The molecule has 0 bridgehead atoms. The number of thioether (sulfide) groups is 1. The first-order chi connectivity index (χ1) is 8.03. The molecule has 90 valence electrons. The van der Waals surface area contributed by atoms with E-state index in [9.17, 15) is 5.26 Å². The second-order valence-electron chi connectivity index (χ2n) is 4.78. The lowest BCUT2D eigenvalue weighted by atomic mass is 10.1. The van der Waals surface area contributed by atoms with Crippen molar-refractivity contribution in [3.8, 4) is 6.07 Å². The van der Waals surface area contributed by atoms with Gasteiger partial charge in [-0.1, -0.05) is 17.7 Å². The molecule has 1 saturated heterocycles. The smallest absolute Gasteiger partial charge is 0.103 e. The molecule has 0 atom stereocenters. The van der Waals surface area contributed by atoms with E-state index in [1.807, 2.05) is 23.9 Å². The van der Waals surface area contributed by atoms with E-state index in [4.69, 9.17) is 11.6 Å². The fraction of sp³-hybridized carbons (Fsp3) is 0.462. The minimum Gasteiger partial charge on any atom is -0.368 e. The Hall–Kier alpha value is -0.850. The molecule has 0 amide bonds. The van der Waals surface area contributed by atoms with Crippen LogP contribution >= 0.6 is 23.4 Å². The Bertz CT molecular complexity index is 465. The molecule has 0 aliphatic carbocycles. The average molecular weight is 267 g/mol. The topological polar surface area (TPSA) is 27.0 Å². The molecule has 1 fully saturated rings. The van der Waals surface area contributed by atoms with Crippen LogP contribution < -0.4 is 4.90 Å². The SMILES string of the molecule is CC1(C)CN(c2cccc(Cl)c2C#N)CCS1. The van der Waals surface area contributed by atoms with Crippen molar-refractivity contribution >= 4 is 29.1 Å². The molecule has 2 nitrogen and oxygen atoms in total. The zero-order chi connectivity index (χ0) is 12.5. The highest BCUT2D eigenvalue weighted by Crippen LogP contribution is 2.34. The molecule has 0 saturated carbocycles. The molecule has 0 N–H and O–H groups in total. The first-order valence-corrected chi connectivity index (χ1v) is 6.97. The lowest BCUT2D eigenvalue weighted by Gasteiger charge is -2.39. The van der Waals surface area contributed by atoms with E-state index in [0.717, 1.165) is 24.5 Å². The molecule has 0 unspecified atom stereocenters. The van der Waals surface area contributed by atoms with Gasteiger partial charge in [0, 0.05) is 23.6 Å². The summed E-state index contributed by atoms with van der Waals surface area (Å²) in [5.74, 6) is 1.09. The van der Waals surface area contributed by atoms with Gasteiger partial charge in [0.05, 0.1) is 16.3 Å². The third-order valence-electron chi connectivity index (χ3n) is 2.87. The van der Waals surface area contributed by atoms with Gasteiger partial charge >= 0.3 is 0 Å². The quantitative estimate of drug-likeness (QED) is 0.778. The van der Waals surface area contributed by atoms with Gasteiger partial charge in [-0.15, -0.1) is 0 Å². The Morgan fingerprint density at radius 1 is 1.47 bits per heavy atom. The zero-order valence-electron chi connectivity index (χ0n) is 10.0. The summed E-state index contributed by atoms with van der Waals surface area (Å²) in [5.41, 5.74) is 1.56. The maximum absolute atomic E-state index is 9.19. The summed E-state index contributed by atoms with van der Waals surface area (Å²) >= 11 is 8.04. The molecule has 1 heterocycles. The van der Waals surface area contributed by atoms with Crippen molar-refractivity contribution in [2.24, 2.45) is 0 Å². The van der Waals surface area contributed by atoms with Gasteiger partial charge in [-0.25, -0.2) is 0 Å². The number of hydrogen-bond donors (Lipinski definition) is 0. The van der Waals surface area contributed by atoms with Crippen molar-refractivity contribution in [1.82, 2.24) is 0 Å². The van der Waals surface area contributed by atoms with Crippen LogP contribution in [0.25, 0.3) is 0 Å². The van der Waals surface area contributed by atoms with Crippen molar-refractivity contribution in [3.05, 3.63) is 28.8 Å². The molecule has 2 rings (SSSR count). The lowest BCUT2D eigenvalue weighted by Crippen LogP contribution is -2.43. The van der Waals surface area contributed by atoms with Gasteiger partial charge in [0.25, 0.3) is 0 Å². The van der Waals surface area contributed by atoms with E-state index in [0.29, 0.717) is 10.6 Å². The summed E-state index contributed by atoms with van der Waals surface area (Å²) in [6.45, 7) is 6.40. The minimum atomic E-state index is 0.229. The summed E-state index contributed by atoms with van der Waals surface area (Å²) in [6, 6.07) is 7.87. The Balaban J connectivity index is 2.35.